The second-order valence-corrected chi connectivity index (χ2v) is 4.90. The highest BCUT2D eigenvalue weighted by Gasteiger charge is 2.22. The second-order valence-electron chi connectivity index (χ2n) is 4.08. The first kappa shape index (κ1) is 12.7. The quantitative estimate of drug-likeness (QED) is 0.902. The van der Waals surface area contributed by atoms with Crippen molar-refractivity contribution >= 4 is 34.8 Å². The second kappa shape index (κ2) is 5.29. The van der Waals surface area contributed by atoms with E-state index in [4.69, 9.17) is 33.7 Å². The molecule has 1 fully saturated rings. The number of hydrogen-bond donors (Lipinski definition) is 1. The van der Waals surface area contributed by atoms with Crippen LogP contribution in [0.4, 0.5) is 11.6 Å². The molecular formula is C11H15Cl2N3O. The largest absolute Gasteiger partial charge is 0.382 e. The van der Waals surface area contributed by atoms with Crippen LogP contribution in [0.1, 0.15) is 12.8 Å². The van der Waals surface area contributed by atoms with Crippen molar-refractivity contribution in [3.63, 3.8) is 0 Å². The van der Waals surface area contributed by atoms with E-state index in [1.165, 1.54) is 0 Å². The molecule has 17 heavy (non-hydrogen) atoms. The smallest absolute Gasteiger partial charge is 0.149 e. The van der Waals surface area contributed by atoms with E-state index in [-0.39, 0.29) is 0 Å². The van der Waals surface area contributed by atoms with E-state index in [0.29, 0.717) is 27.8 Å². The highest BCUT2D eigenvalue weighted by atomic mass is 35.5. The molecule has 2 N–H and O–H groups in total. The van der Waals surface area contributed by atoms with Crippen molar-refractivity contribution in [1.82, 2.24) is 4.98 Å². The monoisotopic (exact) mass is 275 g/mol. The van der Waals surface area contributed by atoms with Gasteiger partial charge in [0.1, 0.15) is 11.6 Å². The number of anilines is 2. The lowest BCUT2D eigenvalue weighted by atomic mass is 10.1. The number of nitrogens with zero attached hydrogens (tertiary/aromatic N) is 2. The van der Waals surface area contributed by atoms with E-state index in [1.807, 2.05) is 0 Å². The van der Waals surface area contributed by atoms with Gasteiger partial charge in [-0.2, -0.15) is 0 Å². The predicted octanol–water partition coefficient (Wildman–Crippen LogP) is 2.59. The molecule has 94 valence electrons. The summed E-state index contributed by atoms with van der Waals surface area (Å²) in [4.78, 5) is 6.36. The number of pyridine rings is 1. The summed E-state index contributed by atoms with van der Waals surface area (Å²) >= 11 is 12.0. The lowest BCUT2D eigenvalue weighted by molar-refractivity contribution is 0.0818. The molecule has 6 heteroatoms. The van der Waals surface area contributed by atoms with Crippen molar-refractivity contribution in [2.24, 2.45) is 0 Å². The lowest BCUT2D eigenvalue weighted by Gasteiger charge is -2.32. The summed E-state index contributed by atoms with van der Waals surface area (Å²) < 4.78 is 5.32. The molecule has 0 unspecified atom stereocenters. The minimum atomic E-state index is 0.319. The molecule has 1 aromatic heterocycles. The van der Waals surface area contributed by atoms with E-state index < -0.39 is 0 Å². The molecule has 1 saturated heterocycles. The van der Waals surface area contributed by atoms with Gasteiger partial charge in [-0.25, -0.2) is 4.98 Å². The van der Waals surface area contributed by atoms with Gasteiger partial charge in [-0.05, 0) is 18.9 Å². The highest BCUT2D eigenvalue weighted by Crippen LogP contribution is 2.31. The van der Waals surface area contributed by atoms with Gasteiger partial charge < -0.3 is 15.4 Å². The Bertz CT molecular complexity index is 406. The zero-order valence-corrected chi connectivity index (χ0v) is 11.1. The number of halogens is 2. The molecule has 0 amide bonds. The highest BCUT2D eigenvalue weighted by molar-refractivity contribution is 6.37. The average Bonchev–Trinajstić information content (AvgIpc) is 2.34. The molecule has 0 radical (unpaired) electrons. The molecule has 0 aliphatic carbocycles. The van der Waals surface area contributed by atoms with Gasteiger partial charge in [-0.15, -0.1) is 0 Å². The van der Waals surface area contributed by atoms with Crippen molar-refractivity contribution in [1.29, 1.82) is 0 Å². The van der Waals surface area contributed by atoms with Crippen LogP contribution in [0.15, 0.2) is 6.07 Å². The number of nitrogen functional groups attached to an aromatic ring is 1. The SMILES string of the molecule is COC1CCN(c2nc(N)c(Cl)cc2Cl)CC1. The molecule has 1 aliphatic rings. The molecule has 4 nitrogen and oxygen atoms in total. The Labute approximate surface area is 111 Å². The molecule has 0 aromatic carbocycles. The van der Waals surface area contributed by atoms with Crippen LogP contribution in [0.3, 0.4) is 0 Å². The van der Waals surface area contributed by atoms with E-state index in [1.54, 1.807) is 13.2 Å². The van der Waals surface area contributed by atoms with Crippen molar-refractivity contribution < 1.29 is 4.74 Å². The van der Waals surface area contributed by atoms with Gasteiger partial charge in [-0.3, -0.25) is 0 Å². The van der Waals surface area contributed by atoms with Crippen LogP contribution in [0.2, 0.25) is 10.0 Å². The topological polar surface area (TPSA) is 51.4 Å². The zero-order chi connectivity index (χ0) is 12.4. The summed E-state index contributed by atoms with van der Waals surface area (Å²) in [5, 5.41) is 0.936. The fourth-order valence-corrected chi connectivity index (χ4v) is 2.47. The first-order valence-corrected chi connectivity index (χ1v) is 6.26. The normalized spacial score (nSPS) is 17.5. The Balaban J connectivity index is 2.16. The molecule has 2 rings (SSSR count). The number of ether oxygens (including phenoxy) is 1. The summed E-state index contributed by atoms with van der Waals surface area (Å²) in [5.41, 5.74) is 5.70. The molecule has 0 saturated carbocycles. The molecule has 1 aliphatic heterocycles. The van der Waals surface area contributed by atoms with Crippen LogP contribution < -0.4 is 10.6 Å². The number of nitrogens with two attached hydrogens (primary N) is 1. The summed E-state index contributed by atoms with van der Waals surface area (Å²) in [6.07, 6.45) is 2.27. The number of hydrogen-bond acceptors (Lipinski definition) is 4. The molecule has 1 aromatic rings. The van der Waals surface area contributed by atoms with Gasteiger partial charge in [0.05, 0.1) is 16.1 Å². The van der Waals surface area contributed by atoms with Crippen molar-refractivity contribution in [2.75, 3.05) is 30.8 Å². The van der Waals surface area contributed by atoms with E-state index in [2.05, 4.69) is 9.88 Å². The minimum absolute atomic E-state index is 0.319. The third kappa shape index (κ3) is 2.76. The maximum absolute atomic E-state index is 6.13. The van der Waals surface area contributed by atoms with E-state index in [9.17, 15) is 0 Å². The lowest BCUT2D eigenvalue weighted by Crippen LogP contribution is -2.37. The predicted molar refractivity (Wildman–Crippen MR) is 70.9 cm³/mol. The van der Waals surface area contributed by atoms with Gasteiger partial charge in [0.25, 0.3) is 0 Å². The number of piperidine rings is 1. The van der Waals surface area contributed by atoms with Crippen LogP contribution in [-0.4, -0.2) is 31.3 Å². The van der Waals surface area contributed by atoms with Crippen LogP contribution in [-0.2, 0) is 4.74 Å². The number of rotatable bonds is 2. The van der Waals surface area contributed by atoms with E-state index >= 15 is 0 Å². The summed E-state index contributed by atoms with van der Waals surface area (Å²) in [5.74, 6) is 1.03. The number of methoxy groups -OCH3 is 1. The van der Waals surface area contributed by atoms with Crippen molar-refractivity contribution in [3.05, 3.63) is 16.1 Å². The van der Waals surface area contributed by atoms with Gasteiger partial charge in [0.2, 0.25) is 0 Å². The first-order chi connectivity index (χ1) is 8.11. The first-order valence-electron chi connectivity index (χ1n) is 5.51. The van der Waals surface area contributed by atoms with Gasteiger partial charge >= 0.3 is 0 Å². The summed E-state index contributed by atoms with van der Waals surface area (Å²) in [7, 11) is 1.74. The third-order valence-corrected chi connectivity index (χ3v) is 3.59. The molecule has 0 spiro atoms. The summed E-state index contributed by atoms with van der Waals surface area (Å²) in [6, 6.07) is 1.64. The Hall–Kier alpha value is -0.710. The maximum Gasteiger partial charge on any atom is 0.149 e. The molecule has 0 atom stereocenters. The number of aromatic nitrogens is 1. The Kier molecular flexibility index (Phi) is 3.97. The summed E-state index contributed by atoms with van der Waals surface area (Å²) in [6.45, 7) is 1.73. The van der Waals surface area contributed by atoms with Gasteiger partial charge in [0.15, 0.2) is 0 Å². The maximum atomic E-state index is 6.13. The Morgan fingerprint density at radius 2 is 2.00 bits per heavy atom. The molecule has 0 bridgehead atoms. The average molecular weight is 276 g/mol. The van der Waals surface area contributed by atoms with Crippen molar-refractivity contribution in [2.45, 2.75) is 18.9 Å². The third-order valence-electron chi connectivity index (χ3n) is 3.01. The van der Waals surface area contributed by atoms with Crippen LogP contribution in [0, 0.1) is 0 Å². The Morgan fingerprint density at radius 1 is 1.35 bits per heavy atom. The van der Waals surface area contributed by atoms with E-state index in [0.717, 1.165) is 25.9 Å². The van der Waals surface area contributed by atoms with Gasteiger partial charge in [-0.1, -0.05) is 23.2 Å². The van der Waals surface area contributed by atoms with Crippen LogP contribution in [0.25, 0.3) is 0 Å². The molecule has 2 heterocycles. The molecular weight excluding hydrogens is 261 g/mol. The van der Waals surface area contributed by atoms with Crippen LogP contribution in [0.5, 0.6) is 0 Å². The van der Waals surface area contributed by atoms with Crippen molar-refractivity contribution in [3.8, 4) is 0 Å². The fourth-order valence-electron chi connectivity index (χ4n) is 2.00. The Morgan fingerprint density at radius 3 is 2.59 bits per heavy atom. The van der Waals surface area contributed by atoms with Crippen LogP contribution >= 0.6 is 23.2 Å². The van der Waals surface area contributed by atoms with Gasteiger partial charge in [0, 0.05) is 20.2 Å². The fraction of sp³-hybridized carbons (Fsp3) is 0.545. The standard InChI is InChI=1S/C11H15Cl2N3O/c1-17-7-2-4-16(5-3-7)11-9(13)6-8(12)10(14)15-11/h6-7H,2-5H2,1H3,(H2,14,15). The minimum Gasteiger partial charge on any atom is -0.382 e. The zero-order valence-electron chi connectivity index (χ0n) is 9.62.